The summed E-state index contributed by atoms with van der Waals surface area (Å²) in [4.78, 5) is 4.62. The second-order valence-corrected chi connectivity index (χ2v) is 3.91. The lowest BCUT2D eigenvalue weighted by Crippen LogP contribution is -1.96. The number of hydrogen-bond donors (Lipinski definition) is 1. The van der Waals surface area contributed by atoms with Crippen molar-refractivity contribution >= 4 is 30.3 Å². The maximum Gasteiger partial charge on any atom is 0.144 e. The molecule has 1 aromatic carbocycles. The first-order valence-electron chi connectivity index (χ1n) is 5.61. The van der Waals surface area contributed by atoms with E-state index in [1.165, 1.54) is 0 Å². The summed E-state index contributed by atoms with van der Waals surface area (Å²) < 4.78 is 2.08. The summed E-state index contributed by atoms with van der Waals surface area (Å²) >= 11 is 0. The van der Waals surface area contributed by atoms with E-state index in [1.807, 2.05) is 42.6 Å². The monoisotopic (exact) mass is 295 g/mol. The van der Waals surface area contributed by atoms with Gasteiger partial charge in [-0.2, -0.15) is 0 Å². The van der Waals surface area contributed by atoms with Crippen molar-refractivity contribution in [3.63, 3.8) is 0 Å². The third-order valence-electron chi connectivity index (χ3n) is 2.85. The van der Waals surface area contributed by atoms with E-state index in [4.69, 9.17) is 5.73 Å². The molecule has 0 saturated heterocycles. The molecule has 3 nitrogen and oxygen atoms in total. The SMILES string of the molecule is Cl.Cl.NCc1nc(-c2ccccc2)n2ccccc12. The molecule has 2 N–H and O–H groups in total. The molecular weight excluding hydrogens is 281 g/mol. The van der Waals surface area contributed by atoms with Crippen molar-refractivity contribution in [1.82, 2.24) is 9.38 Å². The van der Waals surface area contributed by atoms with Crippen molar-refractivity contribution in [2.45, 2.75) is 6.54 Å². The van der Waals surface area contributed by atoms with Crippen LogP contribution in [-0.4, -0.2) is 9.38 Å². The minimum absolute atomic E-state index is 0. The van der Waals surface area contributed by atoms with Crippen LogP contribution in [0.1, 0.15) is 5.69 Å². The Morgan fingerprint density at radius 2 is 1.63 bits per heavy atom. The largest absolute Gasteiger partial charge is 0.325 e. The number of nitrogens with zero attached hydrogens (tertiary/aromatic N) is 2. The van der Waals surface area contributed by atoms with Crippen LogP contribution in [-0.2, 0) is 6.54 Å². The molecule has 2 heterocycles. The van der Waals surface area contributed by atoms with E-state index in [-0.39, 0.29) is 24.8 Å². The van der Waals surface area contributed by atoms with E-state index in [0.717, 1.165) is 22.6 Å². The molecule has 19 heavy (non-hydrogen) atoms. The number of pyridine rings is 1. The zero-order valence-electron chi connectivity index (χ0n) is 10.2. The fraction of sp³-hybridized carbons (Fsp3) is 0.0714. The summed E-state index contributed by atoms with van der Waals surface area (Å²) in [5.41, 5.74) is 8.85. The lowest BCUT2D eigenvalue weighted by Gasteiger charge is -2.00. The molecule has 5 heteroatoms. The van der Waals surface area contributed by atoms with Gasteiger partial charge in [-0.15, -0.1) is 24.8 Å². The molecular formula is C14H15Cl2N3. The fourth-order valence-corrected chi connectivity index (χ4v) is 2.04. The molecule has 0 amide bonds. The summed E-state index contributed by atoms with van der Waals surface area (Å²) in [6, 6.07) is 16.2. The zero-order chi connectivity index (χ0) is 11.7. The summed E-state index contributed by atoms with van der Waals surface area (Å²) in [5.74, 6) is 0.946. The molecule has 0 aliphatic carbocycles. The lowest BCUT2D eigenvalue weighted by atomic mass is 10.2. The number of aromatic nitrogens is 2. The van der Waals surface area contributed by atoms with Gasteiger partial charge in [0.1, 0.15) is 5.82 Å². The fourth-order valence-electron chi connectivity index (χ4n) is 2.04. The predicted octanol–water partition coefficient (Wildman–Crippen LogP) is 3.30. The molecule has 0 atom stereocenters. The Kier molecular flexibility index (Phi) is 5.36. The third-order valence-corrected chi connectivity index (χ3v) is 2.85. The Morgan fingerprint density at radius 3 is 2.32 bits per heavy atom. The number of halogens is 2. The Bertz CT molecular complexity index is 650. The van der Waals surface area contributed by atoms with Gasteiger partial charge in [-0.1, -0.05) is 36.4 Å². The van der Waals surface area contributed by atoms with Gasteiger partial charge >= 0.3 is 0 Å². The van der Waals surface area contributed by atoms with Crippen molar-refractivity contribution in [1.29, 1.82) is 0 Å². The van der Waals surface area contributed by atoms with Gasteiger partial charge in [0.05, 0.1) is 11.2 Å². The van der Waals surface area contributed by atoms with Crippen molar-refractivity contribution in [3.8, 4) is 11.4 Å². The quantitative estimate of drug-likeness (QED) is 0.788. The summed E-state index contributed by atoms with van der Waals surface area (Å²) in [5, 5.41) is 0. The van der Waals surface area contributed by atoms with E-state index >= 15 is 0 Å². The highest BCUT2D eigenvalue weighted by atomic mass is 35.5. The van der Waals surface area contributed by atoms with Crippen molar-refractivity contribution in [2.24, 2.45) is 5.73 Å². The second kappa shape index (κ2) is 6.57. The number of imidazole rings is 1. The van der Waals surface area contributed by atoms with Gasteiger partial charge < -0.3 is 5.73 Å². The Hall–Kier alpha value is -1.55. The minimum atomic E-state index is 0. The summed E-state index contributed by atoms with van der Waals surface area (Å²) in [7, 11) is 0. The normalized spacial score (nSPS) is 9.74. The molecule has 0 unspecified atom stereocenters. The van der Waals surface area contributed by atoms with Gasteiger partial charge in [0, 0.05) is 18.3 Å². The van der Waals surface area contributed by atoms with Crippen LogP contribution in [0.3, 0.4) is 0 Å². The van der Waals surface area contributed by atoms with Crippen LogP contribution >= 0.6 is 24.8 Å². The molecule has 0 aliphatic heterocycles. The Balaban J connectivity index is 0.000000902. The van der Waals surface area contributed by atoms with E-state index in [1.54, 1.807) is 0 Å². The van der Waals surface area contributed by atoms with Gasteiger partial charge in [0.15, 0.2) is 0 Å². The van der Waals surface area contributed by atoms with Crippen LogP contribution in [0.25, 0.3) is 16.9 Å². The maximum atomic E-state index is 5.73. The number of benzene rings is 1. The maximum absolute atomic E-state index is 5.73. The highest BCUT2D eigenvalue weighted by molar-refractivity contribution is 5.85. The smallest absolute Gasteiger partial charge is 0.144 e. The number of rotatable bonds is 2. The third kappa shape index (κ3) is 2.73. The van der Waals surface area contributed by atoms with E-state index in [2.05, 4.69) is 21.5 Å². The van der Waals surface area contributed by atoms with Crippen LogP contribution in [0, 0.1) is 0 Å². The van der Waals surface area contributed by atoms with Gasteiger partial charge in [0.2, 0.25) is 0 Å². The van der Waals surface area contributed by atoms with Crippen molar-refractivity contribution in [3.05, 3.63) is 60.4 Å². The highest BCUT2D eigenvalue weighted by Gasteiger charge is 2.10. The van der Waals surface area contributed by atoms with Crippen LogP contribution in [0.15, 0.2) is 54.7 Å². The van der Waals surface area contributed by atoms with E-state index < -0.39 is 0 Å². The lowest BCUT2D eigenvalue weighted by molar-refractivity contribution is 1.02. The topological polar surface area (TPSA) is 43.3 Å². The van der Waals surface area contributed by atoms with Crippen molar-refractivity contribution in [2.75, 3.05) is 0 Å². The summed E-state index contributed by atoms with van der Waals surface area (Å²) in [6.45, 7) is 0.459. The predicted molar refractivity (Wildman–Crippen MR) is 83.0 cm³/mol. The van der Waals surface area contributed by atoms with Crippen LogP contribution in [0.2, 0.25) is 0 Å². The minimum Gasteiger partial charge on any atom is -0.325 e. The van der Waals surface area contributed by atoms with Crippen LogP contribution in [0.5, 0.6) is 0 Å². The van der Waals surface area contributed by atoms with E-state index in [0.29, 0.717) is 6.54 Å². The first kappa shape index (κ1) is 15.5. The highest BCUT2D eigenvalue weighted by Crippen LogP contribution is 2.22. The van der Waals surface area contributed by atoms with E-state index in [9.17, 15) is 0 Å². The number of fused-ring (bicyclic) bond motifs is 1. The molecule has 0 spiro atoms. The molecule has 3 rings (SSSR count). The molecule has 0 aliphatic rings. The molecule has 0 saturated carbocycles. The first-order valence-corrected chi connectivity index (χ1v) is 5.61. The van der Waals surface area contributed by atoms with Crippen LogP contribution in [0.4, 0.5) is 0 Å². The molecule has 100 valence electrons. The Labute approximate surface area is 124 Å². The number of hydrogen-bond acceptors (Lipinski definition) is 2. The van der Waals surface area contributed by atoms with Gasteiger partial charge in [0.25, 0.3) is 0 Å². The van der Waals surface area contributed by atoms with Crippen molar-refractivity contribution < 1.29 is 0 Å². The molecule has 0 fully saturated rings. The molecule has 0 radical (unpaired) electrons. The summed E-state index contributed by atoms with van der Waals surface area (Å²) in [6.07, 6.45) is 2.02. The number of nitrogens with two attached hydrogens (primary N) is 1. The first-order chi connectivity index (χ1) is 8.40. The second-order valence-electron chi connectivity index (χ2n) is 3.91. The Morgan fingerprint density at radius 1 is 0.947 bits per heavy atom. The van der Waals surface area contributed by atoms with Gasteiger partial charge in [-0.05, 0) is 12.1 Å². The molecule has 0 bridgehead atoms. The van der Waals surface area contributed by atoms with Gasteiger partial charge in [-0.25, -0.2) is 4.98 Å². The van der Waals surface area contributed by atoms with Crippen LogP contribution < -0.4 is 5.73 Å². The molecule has 2 aromatic heterocycles. The standard InChI is InChI=1S/C14H13N3.2ClH/c15-10-12-13-8-4-5-9-17(13)14(16-12)11-6-2-1-3-7-11;;/h1-9H,10,15H2;2*1H. The zero-order valence-corrected chi connectivity index (χ0v) is 11.8. The average molecular weight is 296 g/mol. The van der Waals surface area contributed by atoms with Gasteiger partial charge in [-0.3, -0.25) is 4.40 Å². The molecule has 3 aromatic rings. The average Bonchev–Trinajstić information content (AvgIpc) is 2.78.